The maximum absolute atomic E-state index is 12.2. The molecule has 134 valence electrons. The van der Waals surface area contributed by atoms with Gasteiger partial charge in [-0.25, -0.2) is 4.79 Å². The van der Waals surface area contributed by atoms with E-state index in [-0.39, 0.29) is 0 Å². The third-order valence-electron chi connectivity index (χ3n) is 3.76. The van der Waals surface area contributed by atoms with Crippen LogP contribution in [0.1, 0.15) is 21.0 Å². The van der Waals surface area contributed by atoms with Crippen LogP contribution in [0.2, 0.25) is 0 Å². The van der Waals surface area contributed by atoms with Gasteiger partial charge >= 0.3 is 5.97 Å². The predicted octanol–water partition coefficient (Wildman–Crippen LogP) is 6.63. The summed E-state index contributed by atoms with van der Waals surface area (Å²) in [6.07, 6.45) is 0. The van der Waals surface area contributed by atoms with Crippen LogP contribution in [0, 0.1) is 0 Å². The van der Waals surface area contributed by atoms with E-state index in [0.717, 1.165) is 19.9 Å². The second-order valence-corrected chi connectivity index (χ2v) is 8.30. The largest absolute Gasteiger partial charge is 0.453 e. The van der Waals surface area contributed by atoms with Crippen molar-refractivity contribution < 1.29 is 14.0 Å². The fraction of sp³-hybridized carbons (Fsp3) is 0. The second kappa shape index (κ2) is 7.80. The molecular weight excluding hydrogens is 494 g/mol. The summed E-state index contributed by atoms with van der Waals surface area (Å²) in [5.74, 6) is 0.00690. The van der Waals surface area contributed by atoms with Gasteiger partial charge < -0.3 is 9.25 Å². The van der Waals surface area contributed by atoms with Crippen LogP contribution in [0.15, 0.2) is 84.6 Å². The molecule has 0 unspecified atom stereocenters. The minimum Gasteiger partial charge on any atom is -0.453 e. The zero-order valence-electron chi connectivity index (χ0n) is 13.7. The lowest BCUT2D eigenvalue weighted by atomic mass is 10.1. The van der Waals surface area contributed by atoms with E-state index in [1.54, 1.807) is 12.1 Å². The van der Waals surface area contributed by atoms with Gasteiger partial charge in [0.15, 0.2) is 11.5 Å². The van der Waals surface area contributed by atoms with Crippen molar-refractivity contribution in [2.75, 3.05) is 0 Å². The van der Waals surface area contributed by atoms with Gasteiger partial charge in [0, 0.05) is 15.4 Å². The van der Waals surface area contributed by atoms with Gasteiger partial charge in [0.2, 0.25) is 0 Å². The third-order valence-corrected chi connectivity index (χ3v) is 5.66. The number of oxime groups is 1. The molecular formula is C20H11Br2NO3S. The monoisotopic (exact) mass is 503 g/mol. The van der Waals surface area contributed by atoms with E-state index in [1.807, 2.05) is 53.9 Å². The van der Waals surface area contributed by atoms with E-state index < -0.39 is 5.97 Å². The van der Waals surface area contributed by atoms with Gasteiger partial charge in [-0.1, -0.05) is 57.5 Å². The van der Waals surface area contributed by atoms with Crippen LogP contribution in [-0.2, 0) is 4.84 Å². The molecule has 7 heteroatoms. The highest BCUT2D eigenvalue weighted by Gasteiger charge is 2.17. The summed E-state index contributed by atoms with van der Waals surface area (Å²) in [5.41, 5.74) is 1.92. The molecule has 0 atom stereocenters. The molecule has 0 spiro atoms. The third kappa shape index (κ3) is 3.90. The molecule has 0 aliphatic carbocycles. The predicted molar refractivity (Wildman–Crippen MR) is 113 cm³/mol. The van der Waals surface area contributed by atoms with Crippen molar-refractivity contribution in [1.29, 1.82) is 0 Å². The smallest absolute Gasteiger partial charge is 0.375 e. The summed E-state index contributed by atoms with van der Waals surface area (Å²) in [4.78, 5) is 17.9. The average Bonchev–Trinajstić information content (AvgIpc) is 3.32. The van der Waals surface area contributed by atoms with Gasteiger partial charge in [-0.2, -0.15) is 0 Å². The number of fused-ring (bicyclic) bond motifs is 1. The topological polar surface area (TPSA) is 51.8 Å². The van der Waals surface area contributed by atoms with Crippen LogP contribution in [0.25, 0.3) is 11.0 Å². The molecule has 0 N–H and O–H groups in total. The molecule has 4 nitrogen and oxygen atoms in total. The van der Waals surface area contributed by atoms with Crippen molar-refractivity contribution in [1.82, 2.24) is 0 Å². The summed E-state index contributed by atoms with van der Waals surface area (Å²) in [7, 11) is 0. The van der Waals surface area contributed by atoms with Crippen molar-refractivity contribution >= 4 is 65.8 Å². The van der Waals surface area contributed by atoms with Gasteiger partial charge in [-0.15, -0.1) is 11.3 Å². The maximum Gasteiger partial charge on any atom is 0.375 e. The molecule has 2 aromatic carbocycles. The van der Waals surface area contributed by atoms with E-state index in [0.29, 0.717) is 21.9 Å². The Labute approximate surface area is 175 Å². The summed E-state index contributed by atoms with van der Waals surface area (Å²) < 4.78 is 7.75. The minimum atomic E-state index is -0.501. The molecule has 0 aliphatic rings. The number of nitrogens with zero attached hydrogens (tertiary/aromatic N) is 1. The number of carbonyl (C=O) groups is 1. The maximum atomic E-state index is 12.2. The summed E-state index contributed by atoms with van der Waals surface area (Å²) >= 11 is 8.29. The van der Waals surface area contributed by atoms with Crippen LogP contribution in [0.5, 0.6) is 0 Å². The number of hydrogen-bond acceptors (Lipinski definition) is 5. The Morgan fingerprint density at radius 1 is 1.04 bits per heavy atom. The number of hydrogen-bond donors (Lipinski definition) is 0. The quantitative estimate of drug-likeness (QED) is 0.178. The van der Waals surface area contributed by atoms with E-state index >= 15 is 0 Å². The normalized spacial score (nSPS) is 11.7. The Balaban J connectivity index is 1.78. The number of halogens is 2. The van der Waals surface area contributed by atoms with Gasteiger partial charge in [0.25, 0.3) is 0 Å². The highest BCUT2D eigenvalue weighted by atomic mass is 79.9. The molecule has 0 saturated heterocycles. The van der Waals surface area contributed by atoms with E-state index in [4.69, 9.17) is 9.25 Å². The minimum absolute atomic E-state index is 0.444. The highest BCUT2D eigenvalue weighted by molar-refractivity contribution is 9.11. The zero-order chi connectivity index (χ0) is 18.8. The first-order chi connectivity index (χ1) is 13.1. The molecule has 4 aromatic rings. The molecule has 2 aromatic heterocycles. The fourth-order valence-electron chi connectivity index (χ4n) is 2.56. The Bertz CT molecular complexity index is 1130. The lowest BCUT2D eigenvalue weighted by molar-refractivity contribution is 0.0522. The molecule has 0 saturated carbocycles. The molecule has 0 bridgehead atoms. The Hall–Kier alpha value is -2.22. The number of benzene rings is 2. The molecule has 2 heterocycles. The van der Waals surface area contributed by atoms with Crippen LogP contribution in [-0.4, -0.2) is 11.7 Å². The Kier molecular flexibility index (Phi) is 5.24. The molecule has 0 amide bonds. The number of thiophene rings is 1. The fourth-order valence-corrected chi connectivity index (χ4v) is 4.49. The second-order valence-electron chi connectivity index (χ2n) is 5.58. The summed E-state index contributed by atoms with van der Waals surface area (Å²) in [6.45, 7) is 0. The van der Waals surface area contributed by atoms with Gasteiger partial charge in [-0.3, -0.25) is 0 Å². The first-order valence-electron chi connectivity index (χ1n) is 7.89. The molecule has 4 rings (SSSR count). The lowest BCUT2D eigenvalue weighted by Crippen LogP contribution is -2.06. The van der Waals surface area contributed by atoms with Gasteiger partial charge in [0.05, 0.1) is 4.47 Å². The molecule has 0 radical (unpaired) electrons. The van der Waals surface area contributed by atoms with Gasteiger partial charge in [-0.05, 0) is 45.6 Å². The SMILES string of the molecule is O=C(ON=C(c1ccccc1)c1cc2cc(Br)cc(Br)c2o1)c1cccs1. The summed E-state index contributed by atoms with van der Waals surface area (Å²) in [5, 5.41) is 6.84. The standard InChI is InChI=1S/C20H11Br2NO3S/c21-14-9-13-10-16(25-19(13)15(22)11-14)18(12-5-2-1-3-6-12)23-26-20(24)17-7-4-8-27-17/h1-11H. The van der Waals surface area contributed by atoms with Crippen molar-refractivity contribution in [2.45, 2.75) is 0 Å². The van der Waals surface area contributed by atoms with Gasteiger partial charge in [0.1, 0.15) is 10.5 Å². The number of furan rings is 1. The Morgan fingerprint density at radius 3 is 2.59 bits per heavy atom. The Morgan fingerprint density at radius 2 is 1.85 bits per heavy atom. The lowest BCUT2D eigenvalue weighted by Gasteiger charge is -2.03. The van der Waals surface area contributed by atoms with E-state index in [9.17, 15) is 4.79 Å². The highest BCUT2D eigenvalue weighted by Crippen LogP contribution is 2.32. The van der Waals surface area contributed by atoms with Crippen molar-refractivity contribution in [3.05, 3.63) is 91.2 Å². The first kappa shape index (κ1) is 18.2. The molecule has 0 fully saturated rings. The molecule has 27 heavy (non-hydrogen) atoms. The molecule has 0 aliphatic heterocycles. The van der Waals surface area contributed by atoms with Crippen LogP contribution >= 0.6 is 43.2 Å². The average molecular weight is 505 g/mol. The number of rotatable bonds is 4. The van der Waals surface area contributed by atoms with E-state index in [2.05, 4.69) is 37.0 Å². The number of carbonyl (C=O) groups excluding carboxylic acids is 1. The van der Waals surface area contributed by atoms with Crippen LogP contribution in [0.3, 0.4) is 0 Å². The van der Waals surface area contributed by atoms with E-state index in [1.165, 1.54) is 11.3 Å². The van der Waals surface area contributed by atoms with Crippen LogP contribution < -0.4 is 0 Å². The zero-order valence-corrected chi connectivity index (χ0v) is 17.7. The van der Waals surface area contributed by atoms with Crippen LogP contribution in [0.4, 0.5) is 0 Å². The van der Waals surface area contributed by atoms with Crippen molar-refractivity contribution in [3.8, 4) is 0 Å². The van der Waals surface area contributed by atoms with Crippen molar-refractivity contribution in [2.24, 2.45) is 5.16 Å². The first-order valence-corrected chi connectivity index (χ1v) is 10.4. The van der Waals surface area contributed by atoms with Crippen molar-refractivity contribution in [3.63, 3.8) is 0 Å². The summed E-state index contributed by atoms with van der Waals surface area (Å²) in [6, 6.07) is 18.7.